The molecule has 0 unspecified atom stereocenters. The van der Waals surface area contributed by atoms with Gasteiger partial charge in [-0.25, -0.2) is 4.98 Å². The number of rotatable bonds is 3. The van der Waals surface area contributed by atoms with Crippen LogP contribution >= 0.6 is 15.9 Å². The molecule has 1 aromatic rings. The molecule has 1 N–H and O–H groups in total. The number of halogens is 1. The summed E-state index contributed by atoms with van der Waals surface area (Å²) in [5.41, 5.74) is 1.25. The summed E-state index contributed by atoms with van der Waals surface area (Å²) in [4.78, 5) is 4.35. The van der Waals surface area contributed by atoms with Gasteiger partial charge < -0.3 is 5.32 Å². The lowest BCUT2D eigenvalue weighted by Crippen LogP contribution is -2.30. The molecule has 0 spiro atoms. The average Bonchev–Trinajstić information content (AvgIpc) is 2.10. The highest BCUT2D eigenvalue weighted by Gasteiger charge is 2.16. The normalized spacial score (nSPS) is 11.5. The maximum Gasteiger partial charge on any atom is 0.140 e. The largest absolute Gasteiger partial charge is 0.364 e. The molecule has 0 saturated carbocycles. The molecule has 0 radical (unpaired) electrons. The Labute approximate surface area is 94.3 Å². The van der Waals surface area contributed by atoms with Gasteiger partial charge in [0, 0.05) is 11.7 Å². The lowest BCUT2D eigenvalue weighted by molar-refractivity contribution is 0.544. The standard InChI is InChI=1S/C11H17BrN2/c1-5-11(3,4)14-10-9(12)6-8(2)7-13-10/h6-7H,5H2,1-4H3,(H,13,14). The van der Waals surface area contributed by atoms with Crippen LogP contribution < -0.4 is 5.32 Å². The summed E-state index contributed by atoms with van der Waals surface area (Å²) in [6.07, 6.45) is 2.94. The van der Waals surface area contributed by atoms with Gasteiger partial charge in [-0.15, -0.1) is 0 Å². The van der Waals surface area contributed by atoms with Gasteiger partial charge in [-0.05, 0) is 54.8 Å². The lowest BCUT2D eigenvalue weighted by Gasteiger charge is -2.25. The Balaban J connectivity index is 2.87. The van der Waals surface area contributed by atoms with Gasteiger partial charge in [-0.1, -0.05) is 6.92 Å². The number of hydrogen-bond donors (Lipinski definition) is 1. The van der Waals surface area contributed by atoms with E-state index in [0.717, 1.165) is 22.3 Å². The van der Waals surface area contributed by atoms with E-state index in [2.05, 4.69) is 53.1 Å². The third-order valence-corrected chi connectivity index (χ3v) is 2.92. The van der Waals surface area contributed by atoms with Crippen LogP contribution in [0.25, 0.3) is 0 Å². The predicted octanol–water partition coefficient (Wildman–Crippen LogP) is 3.75. The molecule has 0 amide bonds. The molecule has 0 aromatic carbocycles. The summed E-state index contributed by atoms with van der Waals surface area (Å²) in [6, 6.07) is 2.07. The van der Waals surface area contributed by atoms with E-state index in [1.807, 2.05) is 13.1 Å². The van der Waals surface area contributed by atoms with Gasteiger partial charge in [0.15, 0.2) is 0 Å². The topological polar surface area (TPSA) is 24.9 Å². The zero-order valence-electron chi connectivity index (χ0n) is 9.19. The maximum atomic E-state index is 4.35. The van der Waals surface area contributed by atoms with Gasteiger partial charge in [-0.2, -0.15) is 0 Å². The molecule has 1 rings (SSSR count). The summed E-state index contributed by atoms with van der Waals surface area (Å²) < 4.78 is 1.03. The highest BCUT2D eigenvalue weighted by atomic mass is 79.9. The van der Waals surface area contributed by atoms with Crippen molar-refractivity contribution in [1.29, 1.82) is 0 Å². The lowest BCUT2D eigenvalue weighted by atomic mass is 10.0. The summed E-state index contributed by atoms with van der Waals surface area (Å²) in [5.74, 6) is 0.919. The van der Waals surface area contributed by atoms with Gasteiger partial charge >= 0.3 is 0 Å². The summed E-state index contributed by atoms with van der Waals surface area (Å²) in [5, 5.41) is 3.41. The molecular weight excluding hydrogens is 240 g/mol. The van der Waals surface area contributed by atoms with E-state index < -0.39 is 0 Å². The molecule has 1 aromatic heterocycles. The van der Waals surface area contributed by atoms with Gasteiger partial charge in [0.2, 0.25) is 0 Å². The van der Waals surface area contributed by atoms with Crippen molar-refractivity contribution in [1.82, 2.24) is 4.98 Å². The number of anilines is 1. The molecule has 1 heterocycles. The Morgan fingerprint density at radius 2 is 2.14 bits per heavy atom. The van der Waals surface area contributed by atoms with E-state index >= 15 is 0 Å². The molecule has 3 heteroatoms. The van der Waals surface area contributed by atoms with Crippen LogP contribution in [0.3, 0.4) is 0 Å². The van der Waals surface area contributed by atoms with Crippen LogP contribution in [0.4, 0.5) is 5.82 Å². The third-order valence-electron chi connectivity index (χ3n) is 2.32. The van der Waals surface area contributed by atoms with Gasteiger partial charge in [-0.3, -0.25) is 0 Å². The van der Waals surface area contributed by atoms with Gasteiger partial charge in [0.1, 0.15) is 5.82 Å². The number of aromatic nitrogens is 1. The van der Waals surface area contributed by atoms with Crippen molar-refractivity contribution in [2.24, 2.45) is 0 Å². The fourth-order valence-electron chi connectivity index (χ4n) is 1.03. The molecule has 0 saturated heterocycles. The first-order valence-electron chi connectivity index (χ1n) is 4.85. The van der Waals surface area contributed by atoms with E-state index in [1.165, 1.54) is 0 Å². The second kappa shape index (κ2) is 4.30. The fourth-order valence-corrected chi connectivity index (χ4v) is 1.60. The SMILES string of the molecule is CCC(C)(C)Nc1ncc(C)cc1Br. The second-order valence-electron chi connectivity index (χ2n) is 4.21. The monoisotopic (exact) mass is 256 g/mol. The van der Waals surface area contributed by atoms with Crippen molar-refractivity contribution < 1.29 is 0 Å². The van der Waals surface area contributed by atoms with Crippen LogP contribution in [0.2, 0.25) is 0 Å². The Hall–Kier alpha value is -0.570. The van der Waals surface area contributed by atoms with Crippen LogP contribution in [0, 0.1) is 6.92 Å². The smallest absolute Gasteiger partial charge is 0.140 e. The van der Waals surface area contributed by atoms with Crippen molar-refractivity contribution in [2.45, 2.75) is 39.7 Å². The summed E-state index contributed by atoms with van der Waals surface area (Å²) in [6.45, 7) is 8.53. The molecule has 0 atom stereocenters. The molecule has 78 valence electrons. The minimum absolute atomic E-state index is 0.0881. The predicted molar refractivity (Wildman–Crippen MR) is 64.7 cm³/mol. The van der Waals surface area contributed by atoms with Crippen LogP contribution in [-0.2, 0) is 0 Å². The van der Waals surface area contributed by atoms with E-state index in [1.54, 1.807) is 0 Å². The number of hydrogen-bond acceptors (Lipinski definition) is 2. The third kappa shape index (κ3) is 2.98. The Kier molecular flexibility index (Phi) is 3.53. The van der Waals surface area contributed by atoms with Gasteiger partial charge in [0.05, 0.1) is 4.47 Å². The van der Waals surface area contributed by atoms with E-state index in [-0.39, 0.29) is 5.54 Å². The van der Waals surface area contributed by atoms with Crippen LogP contribution in [0.5, 0.6) is 0 Å². The highest BCUT2D eigenvalue weighted by Crippen LogP contribution is 2.24. The van der Waals surface area contributed by atoms with E-state index in [9.17, 15) is 0 Å². The maximum absolute atomic E-state index is 4.35. The molecule has 0 bridgehead atoms. The summed E-state index contributed by atoms with van der Waals surface area (Å²) >= 11 is 3.50. The Bertz CT molecular complexity index is 321. The van der Waals surface area contributed by atoms with Crippen LogP contribution in [-0.4, -0.2) is 10.5 Å². The molecule has 0 aliphatic carbocycles. The summed E-state index contributed by atoms with van der Waals surface area (Å²) in [7, 11) is 0. The fraction of sp³-hybridized carbons (Fsp3) is 0.545. The first-order valence-corrected chi connectivity index (χ1v) is 5.64. The molecule has 0 aliphatic heterocycles. The van der Waals surface area contributed by atoms with Crippen molar-refractivity contribution in [3.05, 3.63) is 22.3 Å². The number of nitrogens with one attached hydrogen (secondary N) is 1. The molecule has 0 aliphatic rings. The molecule has 14 heavy (non-hydrogen) atoms. The Morgan fingerprint density at radius 1 is 1.50 bits per heavy atom. The van der Waals surface area contributed by atoms with Crippen molar-refractivity contribution >= 4 is 21.7 Å². The first-order chi connectivity index (χ1) is 6.44. The van der Waals surface area contributed by atoms with Gasteiger partial charge in [0.25, 0.3) is 0 Å². The molecule has 0 fully saturated rings. The zero-order chi connectivity index (χ0) is 10.8. The highest BCUT2D eigenvalue weighted by molar-refractivity contribution is 9.10. The number of pyridine rings is 1. The van der Waals surface area contributed by atoms with Crippen molar-refractivity contribution in [3.8, 4) is 0 Å². The van der Waals surface area contributed by atoms with Crippen LogP contribution in [0.15, 0.2) is 16.7 Å². The number of aryl methyl sites for hydroxylation is 1. The van der Waals surface area contributed by atoms with Crippen LogP contribution in [0.1, 0.15) is 32.8 Å². The average molecular weight is 257 g/mol. The second-order valence-corrected chi connectivity index (χ2v) is 5.06. The number of nitrogens with zero attached hydrogens (tertiary/aromatic N) is 1. The van der Waals surface area contributed by atoms with E-state index in [4.69, 9.17) is 0 Å². The first kappa shape index (κ1) is 11.5. The minimum Gasteiger partial charge on any atom is -0.364 e. The van der Waals surface area contributed by atoms with Crippen molar-refractivity contribution in [3.63, 3.8) is 0 Å². The molecule has 2 nitrogen and oxygen atoms in total. The quantitative estimate of drug-likeness (QED) is 0.891. The van der Waals surface area contributed by atoms with E-state index in [0.29, 0.717) is 0 Å². The zero-order valence-corrected chi connectivity index (χ0v) is 10.8. The minimum atomic E-state index is 0.0881. The molecular formula is C11H17BrN2. The van der Waals surface area contributed by atoms with Crippen molar-refractivity contribution in [2.75, 3.05) is 5.32 Å². The Morgan fingerprint density at radius 3 is 2.64 bits per heavy atom.